The van der Waals surface area contributed by atoms with E-state index in [0.717, 1.165) is 22.6 Å². The maximum Gasteiger partial charge on any atom is 0.0723 e. The van der Waals surface area contributed by atoms with Crippen molar-refractivity contribution in [3.05, 3.63) is 70.7 Å². The summed E-state index contributed by atoms with van der Waals surface area (Å²) in [6, 6.07) is 13.2. The summed E-state index contributed by atoms with van der Waals surface area (Å²) in [4.78, 5) is 9.46. The molecule has 0 unspecified atom stereocenters. The molecule has 27 heavy (non-hydrogen) atoms. The highest BCUT2D eigenvalue weighted by molar-refractivity contribution is 5.74. The van der Waals surface area contributed by atoms with Crippen LogP contribution in [-0.2, 0) is 0 Å². The van der Waals surface area contributed by atoms with Gasteiger partial charge in [-0.05, 0) is 67.0 Å². The van der Waals surface area contributed by atoms with E-state index >= 15 is 0 Å². The molecule has 0 atom stereocenters. The molecule has 0 spiro atoms. The molecule has 3 rings (SSSR count). The molecule has 1 aromatic carbocycles. The van der Waals surface area contributed by atoms with Gasteiger partial charge >= 0.3 is 0 Å². The first-order valence-corrected chi connectivity index (χ1v) is 9.84. The summed E-state index contributed by atoms with van der Waals surface area (Å²) in [5.74, 6) is 0.952. The summed E-state index contributed by atoms with van der Waals surface area (Å²) in [6.07, 6.45) is 2.03. The van der Waals surface area contributed by atoms with E-state index < -0.39 is 0 Å². The van der Waals surface area contributed by atoms with Crippen LogP contribution in [0.5, 0.6) is 0 Å². The molecule has 0 aliphatic rings. The van der Waals surface area contributed by atoms with Crippen molar-refractivity contribution in [2.45, 2.75) is 60.3 Å². The smallest absolute Gasteiger partial charge is 0.0723 e. The predicted octanol–water partition coefficient (Wildman–Crippen LogP) is 6.98. The van der Waals surface area contributed by atoms with Crippen LogP contribution in [0.1, 0.15) is 67.6 Å². The van der Waals surface area contributed by atoms with Gasteiger partial charge in [-0.2, -0.15) is 0 Å². The Balaban J connectivity index is 2.13. The molecule has 2 heteroatoms. The molecule has 0 aliphatic heterocycles. The third-order valence-corrected chi connectivity index (χ3v) is 5.21. The fraction of sp³-hybridized carbons (Fsp3) is 0.360. The molecule has 0 fully saturated rings. The summed E-state index contributed by atoms with van der Waals surface area (Å²) < 4.78 is 0. The van der Waals surface area contributed by atoms with Crippen LogP contribution in [0.4, 0.5) is 0 Å². The fourth-order valence-corrected chi connectivity index (χ4v) is 3.98. The molecule has 0 N–H and O–H groups in total. The van der Waals surface area contributed by atoms with Crippen molar-refractivity contribution in [2.24, 2.45) is 0 Å². The number of aryl methyl sites for hydroxylation is 3. The van der Waals surface area contributed by atoms with Gasteiger partial charge in [0.1, 0.15) is 0 Å². The Bertz CT molecular complexity index is 901. The lowest BCUT2D eigenvalue weighted by Gasteiger charge is -2.20. The molecule has 140 valence electrons. The van der Waals surface area contributed by atoms with Gasteiger partial charge in [-0.3, -0.25) is 9.97 Å². The van der Waals surface area contributed by atoms with Crippen molar-refractivity contribution in [1.29, 1.82) is 0 Å². The molecule has 0 bridgehead atoms. The molecule has 2 nitrogen and oxygen atoms in total. The Kier molecular flexibility index (Phi) is 5.46. The highest BCUT2D eigenvalue weighted by Gasteiger charge is 2.16. The predicted molar refractivity (Wildman–Crippen MR) is 115 cm³/mol. The summed E-state index contributed by atoms with van der Waals surface area (Å²) in [6.45, 7) is 15.3. The zero-order valence-corrected chi connectivity index (χ0v) is 17.6. The summed E-state index contributed by atoms with van der Waals surface area (Å²) in [5.41, 5.74) is 10.8. The van der Waals surface area contributed by atoms with Gasteiger partial charge in [0, 0.05) is 28.7 Å². The average Bonchev–Trinajstić information content (AvgIpc) is 2.60. The largest absolute Gasteiger partial charge is 0.258 e. The quantitative estimate of drug-likeness (QED) is 0.502. The number of hydrogen-bond acceptors (Lipinski definition) is 2. The fourth-order valence-electron chi connectivity index (χ4n) is 3.98. The number of hydrogen-bond donors (Lipinski definition) is 0. The third-order valence-electron chi connectivity index (χ3n) is 5.21. The van der Waals surface area contributed by atoms with Crippen LogP contribution in [0, 0.1) is 20.8 Å². The Morgan fingerprint density at radius 2 is 1.41 bits per heavy atom. The van der Waals surface area contributed by atoms with E-state index in [1.807, 2.05) is 13.1 Å². The van der Waals surface area contributed by atoms with E-state index in [4.69, 9.17) is 4.98 Å². The lowest BCUT2D eigenvalue weighted by atomic mass is 9.85. The van der Waals surface area contributed by atoms with Crippen molar-refractivity contribution in [3.63, 3.8) is 0 Å². The van der Waals surface area contributed by atoms with Crippen molar-refractivity contribution >= 4 is 0 Å². The van der Waals surface area contributed by atoms with E-state index in [2.05, 4.69) is 82.9 Å². The van der Waals surface area contributed by atoms with E-state index in [-0.39, 0.29) is 0 Å². The van der Waals surface area contributed by atoms with Crippen LogP contribution in [0.2, 0.25) is 0 Å². The van der Waals surface area contributed by atoms with E-state index in [1.165, 1.54) is 27.8 Å². The third kappa shape index (κ3) is 3.80. The lowest BCUT2D eigenvalue weighted by Crippen LogP contribution is -2.01. The topological polar surface area (TPSA) is 25.8 Å². The van der Waals surface area contributed by atoms with Crippen molar-refractivity contribution in [3.8, 4) is 22.4 Å². The van der Waals surface area contributed by atoms with Gasteiger partial charge in [0.15, 0.2) is 0 Å². The molecular weight excluding hydrogens is 328 g/mol. The van der Waals surface area contributed by atoms with Crippen LogP contribution in [0.3, 0.4) is 0 Å². The molecule has 0 saturated heterocycles. The summed E-state index contributed by atoms with van der Waals surface area (Å²) in [7, 11) is 0. The molecule has 0 radical (unpaired) electrons. The minimum atomic E-state index is 0.476. The molecule has 0 saturated carbocycles. The van der Waals surface area contributed by atoms with Crippen molar-refractivity contribution < 1.29 is 0 Å². The minimum Gasteiger partial charge on any atom is -0.258 e. The summed E-state index contributed by atoms with van der Waals surface area (Å²) in [5, 5.41) is 0. The van der Waals surface area contributed by atoms with E-state index in [1.54, 1.807) is 0 Å². The Hall–Kier alpha value is -2.48. The maximum atomic E-state index is 4.84. The van der Waals surface area contributed by atoms with Crippen LogP contribution >= 0.6 is 0 Å². The second-order valence-electron chi connectivity index (χ2n) is 8.09. The van der Waals surface area contributed by atoms with Gasteiger partial charge in [0.25, 0.3) is 0 Å². The number of nitrogens with zero attached hydrogens (tertiary/aromatic N) is 2. The SMILES string of the molecule is Cc1cc(C)c(-c2ccc(-c3c(C(C)C)cccc3C(C)C)cn2)c(C)n1. The number of pyridine rings is 2. The number of aromatic nitrogens is 2. The van der Waals surface area contributed by atoms with E-state index in [0.29, 0.717) is 11.8 Å². The van der Waals surface area contributed by atoms with Crippen LogP contribution in [0.25, 0.3) is 22.4 Å². The molecule has 0 amide bonds. The Morgan fingerprint density at radius 1 is 0.778 bits per heavy atom. The first-order chi connectivity index (χ1) is 12.8. The molecule has 0 aliphatic carbocycles. The average molecular weight is 359 g/mol. The Labute approximate surface area is 163 Å². The van der Waals surface area contributed by atoms with Crippen LogP contribution < -0.4 is 0 Å². The van der Waals surface area contributed by atoms with Gasteiger partial charge in [-0.1, -0.05) is 52.0 Å². The molecule has 2 heterocycles. The van der Waals surface area contributed by atoms with Gasteiger partial charge in [-0.15, -0.1) is 0 Å². The first kappa shape index (κ1) is 19.3. The number of benzene rings is 1. The highest BCUT2D eigenvalue weighted by atomic mass is 14.7. The molecule has 3 aromatic rings. The van der Waals surface area contributed by atoms with Crippen LogP contribution in [0.15, 0.2) is 42.6 Å². The highest BCUT2D eigenvalue weighted by Crippen LogP contribution is 2.36. The second-order valence-corrected chi connectivity index (χ2v) is 8.09. The summed E-state index contributed by atoms with van der Waals surface area (Å²) >= 11 is 0. The van der Waals surface area contributed by atoms with Gasteiger partial charge < -0.3 is 0 Å². The van der Waals surface area contributed by atoms with Gasteiger partial charge in [0.2, 0.25) is 0 Å². The minimum absolute atomic E-state index is 0.476. The maximum absolute atomic E-state index is 4.84. The Morgan fingerprint density at radius 3 is 1.89 bits per heavy atom. The lowest BCUT2D eigenvalue weighted by molar-refractivity contribution is 0.838. The molecule has 2 aromatic heterocycles. The first-order valence-electron chi connectivity index (χ1n) is 9.84. The van der Waals surface area contributed by atoms with E-state index in [9.17, 15) is 0 Å². The zero-order valence-electron chi connectivity index (χ0n) is 17.6. The van der Waals surface area contributed by atoms with Gasteiger partial charge in [-0.25, -0.2) is 0 Å². The van der Waals surface area contributed by atoms with Crippen molar-refractivity contribution in [2.75, 3.05) is 0 Å². The van der Waals surface area contributed by atoms with Crippen LogP contribution in [-0.4, -0.2) is 9.97 Å². The monoisotopic (exact) mass is 358 g/mol. The zero-order chi connectivity index (χ0) is 19.7. The van der Waals surface area contributed by atoms with Crippen molar-refractivity contribution in [1.82, 2.24) is 9.97 Å². The standard InChI is InChI=1S/C25H30N2/c1-15(2)21-9-8-10-22(16(3)4)25(21)20-11-12-23(26-14-20)24-17(5)13-18(6)27-19(24)7/h8-16H,1-7H3. The number of rotatable bonds is 4. The van der Waals surface area contributed by atoms with Gasteiger partial charge in [0.05, 0.1) is 5.69 Å². The second kappa shape index (κ2) is 7.64. The molecular formula is C25H30N2. The normalized spacial score (nSPS) is 11.4.